The van der Waals surface area contributed by atoms with E-state index in [0.717, 1.165) is 12.0 Å². The van der Waals surface area contributed by atoms with Crippen LogP contribution in [0.5, 0.6) is 0 Å². The van der Waals surface area contributed by atoms with Crippen molar-refractivity contribution in [1.82, 2.24) is 0 Å². The number of hydrogen-bond acceptors (Lipinski definition) is 2. The molecule has 0 fully saturated rings. The molecule has 0 aliphatic rings. The van der Waals surface area contributed by atoms with Crippen LogP contribution in [-0.2, 0) is 11.3 Å². The van der Waals surface area contributed by atoms with Gasteiger partial charge in [-0.25, -0.2) is 0 Å². The predicted octanol–water partition coefficient (Wildman–Crippen LogP) is 3.91. The minimum atomic E-state index is -0.0968. The van der Waals surface area contributed by atoms with Crippen LogP contribution in [0.2, 0.25) is 0 Å². The number of hydrogen-bond donors (Lipinski definition) is 1. The van der Waals surface area contributed by atoms with Crippen LogP contribution >= 0.6 is 0 Å². The molecule has 1 rings (SSSR count). The molecular weight excluding hydrogens is 248 g/mol. The van der Waals surface area contributed by atoms with Gasteiger partial charge in [0.1, 0.15) is 6.61 Å². The Morgan fingerprint density at radius 3 is 2.55 bits per heavy atom. The number of unbranched alkanes of at least 4 members (excludes halogenated alkanes) is 3. The highest BCUT2D eigenvalue weighted by Crippen LogP contribution is 2.11. The van der Waals surface area contributed by atoms with Crippen molar-refractivity contribution in [2.24, 2.45) is 0 Å². The van der Waals surface area contributed by atoms with E-state index in [2.05, 4.69) is 25.7 Å². The van der Waals surface area contributed by atoms with E-state index in [4.69, 9.17) is 9.84 Å². The first-order valence-electron chi connectivity index (χ1n) is 7.56. The summed E-state index contributed by atoms with van der Waals surface area (Å²) in [6.07, 6.45) is 6.62. The molecule has 1 atom stereocenters. The van der Waals surface area contributed by atoms with E-state index in [0.29, 0.717) is 12.7 Å². The molecule has 0 aliphatic carbocycles. The molecule has 1 aromatic carbocycles. The standard InChI is InChI=1S/C18H26O2/c1-3-4-5-6-8-16(2)20-15-18-12-10-17(11-13-18)9-7-14-19/h10-13,16,19H,3-6,8,14-15H2,1-2H3. The maximum Gasteiger partial charge on any atom is 0.104 e. The van der Waals surface area contributed by atoms with Crippen LogP contribution in [0.4, 0.5) is 0 Å². The van der Waals surface area contributed by atoms with Gasteiger partial charge in [-0.15, -0.1) is 0 Å². The highest BCUT2D eigenvalue weighted by Gasteiger charge is 2.02. The van der Waals surface area contributed by atoms with Crippen molar-refractivity contribution in [3.63, 3.8) is 0 Å². The second-order valence-corrected chi connectivity index (χ2v) is 5.13. The van der Waals surface area contributed by atoms with Gasteiger partial charge in [0.05, 0.1) is 12.7 Å². The van der Waals surface area contributed by atoms with Crippen molar-refractivity contribution >= 4 is 0 Å². The smallest absolute Gasteiger partial charge is 0.104 e. The Hall–Kier alpha value is -1.30. The monoisotopic (exact) mass is 274 g/mol. The summed E-state index contributed by atoms with van der Waals surface area (Å²) < 4.78 is 5.85. The van der Waals surface area contributed by atoms with Crippen LogP contribution in [0.25, 0.3) is 0 Å². The molecule has 1 unspecified atom stereocenters. The van der Waals surface area contributed by atoms with Gasteiger partial charge < -0.3 is 9.84 Å². The second kappa shape index (κ2) is 10.5. The first-order valence-corrected chi connectivity index (χ1v) is 7.56. The van der Waals surface area contributed by atoms with Crippen LogP contribution < -0.4 is 0 Å². The summed E-state index contributed by atoms with van der Waals surface area (Å²) >= 11 is 0. The van der Waals surface area contributed by atoms with E-state index in [9.17, 15) is 0 Å². The van der Waals surface area contributed by atoms with Gasteiger partial charge in [-0.05, 0) is 31.0 Å². The number of ether oxygens (including phenoxy) is 1. The van der Waals surface area contributed by atoms with Crippen molar-refractivity contribution in [3.8, 4) is 11.8 Å². The lowest BCUT2D eigenvalue weighted by Gasteiger charge is -2.13. The zero-order chi connectivity index (χ0) is 14.6. The molecule has 0 bridgehead atoms. The van der Waals surface area contributed by atoms with Gasteiger partial charge in [0.2, 0.25) is 0 Å². The Balaban J connectivity index is 2.27. The number of aliphatic hydroxyl groups excluding tert-OH is 1. The number of rotatable bonds is 8. The molecule has 0 saturated heterocycles. The van der Waals surface area contributed by atoms with E-state index in [1.54, 1.807) is 0 Å². The summed E-state index contributed by atoms with van der Waals surface area (Å²) in [4.78, 5) is 0. The zero-order valence-corrected chi connectivity index (χ0v) is 12.7. The zero-order valence-electron chi connectivity index (χ0n) is 12.7. The van der Waals surface area contributed by atoms with E-state index < -0.39 is 0 Å². The Labute approximate surface area is 123 Å². The molecular formula is C18H26O2. The summed E-state index contributed by atoms with van der Waals surface area (Å²) in [6, 6.07) is 8.00. The van der Waals surface area contributed by atoms with Gasteiger partial charge in [0.15, 0.2) is 0 Å². The van der Waals surface area contributed by atoms with Crippen molar-refractivity contribution in [1.29, 1.82) is 0 Å². The highest BCUT2D eigenvalue weighted by atomic mass is 16.5. The molecule has 20 heavy (non-hydrogen) atoms. The Morgan fingerprint density at radius 2 is 1.90 bits per heavy atom. The van der Waals surface area contributed by atoms with Crippen LogP contribution in [0, 0.1) is 11.8 Å². The molecule has 1 aromatic rings. The lowest BCUT2D eigenvalue weighted by Crippen LogP contribution is -2.07. The SMILES string of the molecule is CCCCCCC(C)OCc1ccc(C#CCO)cc1. The lowest BCUT2D eigenvalue weighted by molar-refractivity contribution is 0.0459. The average molecular weight is 274 g/mol. The van der Waals surface area contributed by atoms with E-state index in [-0.39, 0.29) is 6.61 Å². The topological polar surface area (TPSA) is 29.5 Å². The normalized spacial score (nSPS) is 11.8. The average Bonchev–Trinajstić information content (AvgIpc) is 2.48. The van der Waals surface area contributed by atoms with Gasteiger partial charge in [-0.3, -0.25) is 0 Å². The number of aliphatic hydroxyl groups is 1. The fourth-order valence-electron chi connectivity index (χ4n) is 2.01. The second-order valence-electron chi connectivity index (χ2n) is 5.13. The third-order valence-corrected chi connectivity index (χ3v) is 3.26. The fraction of sp³-hybridized carbons (Fsp3) is 0.556. The fourth-order valence-corrected chi connectivity index (χ4v) is 2.01. The molecule has 0 aliphatic heterocycles. The van der Waals surface area contributed by atoms with E-state index in [1.807, 2.05) is 24.3 Å². The first kappa shape index (κ1) is 16.8. The summed E-state index contributed by atoms with van der Waals surface area (Å²) in [5.41, 5.74) is 2.09. The quantitative estimate of drug-likeness (QED) is 0.575. The van der Waals surface area contributed by atoms with Gasteiger partial charge >= 0.3 is 0 Å². The van der Waals surface area contributed by atoms with Gasteiger partial charge in [0, 0.05) is 5.56 Å². The molecule has 0 heterocycles. The number of benzene rings is 1. The molecule has 2 heteroatoms. The lowest BCUT2D eigenvalue weighted by atomic mass is 10.1. The van der Waals surface area contributed by atoms with E-state index in [1.165, 1.54) is 31.2 Å². The third-order valence-electron chi connectivity index (χ3n) is 3.26. The van der Waals surface area contributed by atoms with Gasteiger partial charge in [0.25, 0.3) is 0 Å². The Morgan fingerprint density at radius 1 is 1.15 bits per heavy atom. The van der Waals surface area contributed by atoms with Gasteiger partial charge in [-0.2, -0.15) is 0 Å². The minimum absolute atomic E-state index is 0.0968. The Kier molecular flexibility index (Phi) is 8.78. The largest absolute Gasteiger partial charge is 0.384 e. The molecule has 0 spiro atoms. The van der Waals surface area contributed by atoms with Crippen molar-refractivity contribution < 1.29 is 9.84 Å². The summed E-state index contributed by atoms with van der Waals surface area (Å²) in [5, 5.41) is 8.64. The van der Waals surface area contributed by atoms with Gasteiger partial charge in [-0.1, -0.05) is 56.6 Å². The first-order chi connectivity index (χ1) is 9.76. The Bertz CT molecular complexity index is 411. The maximum absolute atomic E-state index is 8.64. The van der Waals surface area contributed by atoms with Crippen molar-refractivity contribution in [2.45, 2.75) is 58.7 Å². The van der Waals surface area contributed by atoms with Crippen LogP contribution in [0.3, 0.4) is 0 Å². The predicted molar refractivity (Wildman–Crippen MR) is 83.4 cm³/mol. The molecule has 0 aromatic heterocycles. The molecule has 1 N–H and O–H groups in total. The highest BCUT2D eigenvalue weighted by molar-refractivity contribution is 5.36. The molecule has 2 nitrogen and oxygen atoms in total. The van der Waals surface area contributed by atoms with Crippen molar-refractivity contribution in [3.05, 3.63) is 35.4 Å². The minimum Gasteiger partial charge on any atom is -0.384 e. The molecule has 0 amide bonds. The summed E-state index contributed by atoms with van der Waals surface area (Å²) in [6.45, 7) is 4.94. The van der Waals surface area contributed by atoms with Crippen LogP contribution in [0.15, 0.2) is 24.3 Å². The summed E-state index contributed by atoms with van der Waals surface area (Å²) in [5.74, 6) is 5.53. The van der Waals surface area contributed by atoms with E-state index >= 15 is 0 Å². The van der Waals surface area contributed by atoms with Crippen molar-refractivity contribution in [2.75, 3.05) is 6.61 Å². The maximum atomic E-state index is 8.64. The molecule has 0 radical (unpaired) electrons. The van der Waals surface area contributed by atoms with Crippen LogP contribution in [0.1, 0.15) is 57.1 Å². The third kappa shape index (κ3) is 7.33. The molecule has 110 valence electrons. The summed E-state index contributed by atoms with van der Waals surface area (Å²) in [7, 11) is 0. The van der Waals surface area contributed by atoms with Crippen LogP contribution in [-0.4, -0.2) is 17.8 Å². The molecule has 0 saturated carbocycles.